The van der Waals surface area contributed by atoms with Crippen LogP contribution in [-0.4, -0.2) is 34.7 Å². The first kappa shape index (κ1) is 21.6. The Morgan fingerprint density at radius 1 is 0.971 bits per heavy atom. The van der Waals surface area contributed by atoms with Gasteiger partial charge in [0.15, 0.2) is 11.6 Å². The molecule has 6 heteroatoms. The van der Waals surface area contributed by atoms with Crippen LogP contribution in [0.2, 0.25) is 5.02 Å². The summed E-state index contributed by atoms with van der Waals surface area (Å²) >= 11 is 6.17. The van der Waals surface area contributed by atoms with E-state index in [2.05, 4.69) is 45.4 Å². The number of nitrogens with zero attached hydrogens (tertiary/aromatic N) is 3. The number of rotatable bonds is 2. The van der Waals surface area contributed by atoms with Crippen LogP contribution in [0, 0.1) is 6.92 Å². The molecule has 1 fully saturated rings. The van der Waals surface area contributed by atoms with E-state index < -0.39 is 5.60 Å². The third-order valence-electron chi connectivity index (χ3n) is 7.63. The van der Waals surface area contributed by atoms with Crippen LogP contribution in [0.5, 0.6) is 5.75 Å². The van der Waals surface area contributed by atoms with Crippen LogP contribution in [0.1, 0.15) is 59.2 Å². The normalized spacial score (nSPS) is 18.9. The predicted octanol–water partition coefficient (Wildman–Crippen LogP) is 5.99. The minimum Gasteiger partial charge on any atom is -0.486 e. The van der Waals surface area contributed by atoms with E-state index in [1.807, 2.05) is 13.0 Å². The van der Waals surface area contributed by atoms with Crippen LogP contribution < -0.4 is 9.64 Å². The van der Waals surface area contributed by atoms with Gasteiger partial charge in [-0.1, -0.05) is 23.7 Å². The number of ether oxygens (including phenoxy) is 1. The van der Waals surface area contributed by atoms with Crippen molar-refractivity contribution in [2.75, 3.05) is 18.0 Å². The van der Waals surface area contributed by atoms with Gasteiger partial charge in [0.25, 0.3) is 0 Å². The molecule has 3 aromatic rings. The Balaban J connectivity index is 1.16. The molecule has 0 unspecified atom stereocenters. The van der Waals surface area contributed by atoms with Crippen LogP contribution >= 0.6 is 11.6 Å². The quantitative estimate of drug-likeness (QED) is 0.457. The molecule has 1 saturated heterocycles. The van der Waals surface area contributed by atoms with Gasteiger partial charge in [-0.05, 0) is 79.6 Å². The average Bonchev–Trinajstić information content (AvgIpc) is 2.85. The molecule has 1 aromatic heterocycles. The van der Waals surface area contributed by atoms with Gasteiger partial charge in [-0.25, -0.2) is 0 Å². The molecule has 3 aliphatic rings. The summed E-state index contributed by atoms with van der Waals surface area (Å²) < 4.78 is 6.48. The van der Waals surface area contributed by atoms with Gasteiger partial charge in [0.1, 0.15) is 11.4 Å². The molecule has 1 spiro atoms. The summed E-state index contributed by atoms with van der Waals surface area (Å²) in [6, 6.07) is 14.4. The number of hydrogen-bond donors (Lipinski definition) is 0. The lowest BCUT2D eigenvalue weighted by Crippen LogP contribution is -2.51. The van der Waals surface area contributed by atoms with Gasteiger partial charge >= 0.3 is 0 Å². The van der Waals surface area contributed by atoms with E-state index in [0.717, 1.165) is 55.0 Å². The lowest BCUT2D eigenvalue weighted by Gasteiger charge is -2.44. The fourth-order valence-corrected chi connectivity index (χ4v) is 5.95. The average molecular weight is 474 g/mol. The topological polar surface area (TPSA) is 55.3 Å². The number of anilines is 1. The van der Waals surface area contributed by atoms with Crippen LogP contribution in [0.3, 0.4) is 0 Å². The number of Topliss-reactive ketones (excluding diaryl/α,β-unsaturated/α-hetero) is 1. The van der Waals surface area contributed by atoms with Gasteiger partial charge in [0.2, 0.25) is 0 Å². The SMILES string of the molecule is Cc1cc(Cl)cc2c1OC1(CCN(c3ccc(-c4ccc5c(c4)CCCC5)nn3)CC1)CC2=O. The number of ketones is 1. The third-order valence-corrected chi connectivity index (χ3v) is 7.85. The van der Waals surface area contributed by atoms with Crippen molar-refractivity contribution in [3.63, 3.8) is 0 Å². The maximum absolute atomic E-state index is 12.9. The van der Waals surface area contributed by atoms with Crippen molar-refractivity contribution in [2.45, 2.75) is 57.5 Å². The standard InChI is InChI=1S/C28H28ClN3O2/c1-18-14-22(29)16-23-25(33)17-28(34-27(18)23)10-12-32(13-11-28)26-9-8-24(30-31-26)21-7-6-19-4-2-3-5-20(19)15-21/h6-9,14-16H,2-5,10-13,17H2,1H3. The zero-order valence-electron chi connectivity index (χ0n) is 19.4. The first-order valence-corrected chi connectivity index (χ1v) is 12.6. The van der Waals surface area contributed by atoms with E-state index in [4.69, 9.17) is 16.3 Å². The van der Waals surface area contributed by atoms with E-state index in [1.54, 1.807) is 6.07 Å². The number of carbonyl (C=O) groups excluding carboxylic acids is 1. The Bertz CT molecular complexity index is 1260. The molecule has 3 heterocycles. The van der Waals surface area contributed by atoms with E-state index in [0.29, 0.717) is 22.8 Å². The van der Waals surface area contributed by atoms with Crippen LogP contribution in [0.25, 0.3) is 11.3 Å². The second kappa shape index (κ2) is 8.38. The molecule has 1 aliphatic carbocycles. The highest BCUT2D eigenvalue weighted by molar-refractivity contribution is 6.31. The fraction of sp³-hybridized carbons (Fsp3) is 0.393. The van der Waals surface area contributed by atoms with Crippen LogP contribution in [-0.2, 0) is 12.8 Å². The molecular weight excluding hydrogens is 446 g/mol. The number of fused-ring (bicyclic) bond motifs is 2. The zero-order valence-corrected chi connectivity index (χ0v) is 20.2. The summed E-state index contributed by atoms with van der Waals surface area (Å²) in [7, 11) is 0. The molecule has 2 aliphatic heterocycles. The Hall–Kier alpha value is -2.92. The molecule has 5 nitrogen and oxygen atoms in total. The van der Waals surface area contributed by atoms with Gasteiger partial charge in [-0.2, -0.15) is 0 Å². The maximum atomic E-state index is 12.9. The highest BCUT2D eigenvalue weighted by Crippen LogP contribution is 2.42. The summed E-state index contributed by atoms with van der Waals surface area (Å²) in [5, 5.41) is 9.68. The molecule has 6 rings (SSSR count). The fourth-order valence-electron chi connectivity index (χ4n) is 5.68. The summed E-state index contributed by atoms with van der Waals surface area (Å²) in [6.45, 7) is 3.51. The first-order valence-electron chi connectivity index (χ1n) is 12.2. The van der Waals surface area contributed by atoms with Crippen molar-refractivity contribution >= 4 is 23.2 Å². The number of carbonyl (C=O) groups is 1. The van der Waals surface area contributed by atoms with Crippen molar-refractivity contribution in [1.29, 1.82) is 0 Å². The summed E-state index contributed by atoms with van der Waals surface area (Å²) in [5.74, 6) is 1.69. The van der Waals surface area contributed by atoms with Crippen molar-refractivity contribution in [3.8, 4) is 17.0 Å². The van der Waals surface area contributed by atoms with Crippen LogP contribution in [0.15, 0.2) is 42.5 Å². The zero-order chi connectivity index (χ0) is 23.3. The van der Waals surface area contributed by atoms with Gasteiger partial charge in [-0.3, -0.25) is 4.79 Å². The number of hydrogen-bond acceptors (Lipinski definition) is 5. The van der Waals surface area contributed by atoms with Crippen LogP contribution in [0.4, 0.5) is 5.82 Å². The molecule has 174 valence electrons. The monoisotopic (exact) mass is 473 g/mol. The highest BCUT2D eigenvalue weighted by Gasteiger charge is 2.43. The van der Waals surface area contributed by atoms with Crippen molar-refractivity contribution in [3.05, 3.63) is 69.7 Å². The number of aryl methyl sites for hydroxylation is 3. The molecule has 0 atom stereocenters. The lowest BCUT2D eigenvalue weighted by atomic mass is 9.82. The molecule has 0 radical (unpaired) electrons. The smallest absolute Gasteiger partial charge is 0.170 e. The molecular formula is C28H28ClN3O2. The van der Waals surface area contributed by atoms with Gasteiger partial charge in [0, 0.05) is 36.5 Å². The number of benzene rings is 2. The largest absolute Gasteiger partial charge is 0.486 e. The number of piperidine rings is 1. The summed E-state index contributed by atoms with van der Waals surface area (Å²) in [5.41, 5.74) is 6.07. The molecule has 0 saturated carbocycles. The van der Waals surface area contributed by atoms with Gasteiger partial charge in [-0.15, -0.1) is 10.2 Å². The molecule has 34 heavy (non-hydrogen) atoms. The maximum Gasteiger partial charge on any atom is 0.170 e. The Kier molecular flexibility index (Phi) is 5.33. The molecule has 0 amide bonds. The lowest BCUT2D eigenvalue weighted by molar-refractivity contribution is 0.0225. The third kappa shape index (κ3) is 3.86. The second-order valence-electron chi connectivity index (χ2n) is 9.94. The Morgan fingerprint density at radius 2 is 1.76 bits per heavy atom. The first-order chi connectivity index (χ1) is 16.5. The van der Waals surface area contributed by atoms with E-state index in [-0.39, 0.29) is 5.78 Å². The van der Waals surface area contributed by atoms with Gasteiger partial charge in [0.05, 0.1) is 17.7 Å². The van der Waals surface area contributed by atoms with E-state index >= 15 is 0 Å². The van der Waals surface area contributed by atoms with E-state index in [1.165, 1.54) is 30.4 Å². The van der Waals surface area contributed by atoms with E-state index in [9.17, 15) is 4.79 Å². The second-order valence-corrected chi connectivity index (χ2v) is 10.4. The molecule has 0 N–H and O–H groups in total. The molecule has 2 aromatic carbocycles. The molecule has 0 bridgehead atoms. The van der Waals surface area contributed by atoms with Crippen molar-refractivity contribution < 1.29 is 9.53 Å². The van der Waals surface area contributed by atoms with Gasteiger partial charge < -0.3 is 9.64 Å². The minimum atomic E-state index is -0.449. The number of aromatic nitrogens is 2. The summed E-state index contributed by atoms with van der Waals surface area (Å²) in [4.78, 5) is 15.1. The highest BCUT2D eigenvalue weighted by atomic mass is 35.5. The predicted molar refractivity (Wildman–Crippen MR) is 134 cm³/mol. The minimum absolute atomic E-state index is 0.120. The Labute approximate surface area is 205 Å². The number of halogens is 1. The van der Waals surface area contributed by atoms with Crippen molar-refractivity contribution in [2.24, 2.45) is 0 Å². The summed E-state index contributed by atoms with van der Waals surface area (Å²) in [6.07, 6.45) is 6.85. The Morgan fingerprint density at radius 3 is 2.53 bits per heavy atom. The van der Waals surface area contributed by atoms with Crippen molar-refractivity contribution in [1.82, 2.24) is 10.2 Å².